The molecule has 3 heteroatoms. The van der Waals surface area contributed by atoms with Crippen LogP contribution in [0.4, 0.5) is 0 Å². The van der Waals surface area contributed by atoms with Gasteiger partial charge in [-0.3, -0.25) is 0 Å². The smallest absolute Gasteiger partial charge is 0.0722 e. The lowest BCUT2D eigenvalue weighted by Crippen LogP contribution is -2.48. The van der Waals surface area contributed by atoms with Crippen LogP contribution in [0.15, 0.2) is 0 Å². The normalized spacial score (nSPS) is 28.4. The third-order valence-corrected chi connectivity index (χ3v) is 1.95. The molecule has 0 saturated carbocycles. The molecule has 11 heavy (non-hydrogen) atoms. The Kier molecular flexibility index (Phi) is 3.83. The van der Waals surface area contributed by atoms with E-state index in [1.807, 2.05) is 6.92 Å². The van der Waals surface area contributed by atoms with Gasteiger partial charge in [0, 0.05) is 13.2 Å². The van der Waals surface area contributed by atoms with E-state index in [1.54, 1.807) is 0 Å². The fraction of sp³-hybridized carbons (Fsp3) is 1.00. The van der Waals surface area contributed by atoms with Crippen LogP contribution in [0.2, 0.25) is 0 Å². The molecule has 2 atom stereocenters. The minimum atomic E-state index is 0.264. The van der Waals surface area contributed by atoms with Gasteiger partial charge in [-0.25, -0.2) is 0 Å². The van der Waals surface area contributed by atoms with E-state index in [1.165, 1.54) is 0 Å². The number of morpholine rings is 1. The molecule has 2 unspecified atom stereocenters. The molecule has 1 aliphatic rings. The van der Waals surface area contributed by atoms with Crippen molar-refractivity contribution >= 4 is 0 Å². The predicted octanol–water partition coefficient (Wildman–Crippen LogP) is 0.400. The van der Waals surface area contributed by atoms with Crippen LogP contribution in [0.3, 0.4) is 0 Å². The van der Waals surface area contributed by atoms with Crippen molar-refractivity contribution in [3.05, 3.63) is 0 Å². The first kappa shape index (κ1) is 8.97. The highest BCUT2D eigenvalue weighted by molar-refractivity contribution is 4.75. The molecule has 0 spiro atoms. The van der Waals surface area contributed by atoms with Crippen molar-refractivity contribution in [1.29, 1.82) is 0 Å². The summed E-state index contributed by atoms with van der Waals surface area (Å²) >= 11 is 0. The number of rotatable bonds is 3. The third kappa shape index (κ3) is 2.77. The number of hydrogen-bond acceptors (Lipinski definition) is 3. The van der Waals surface area contributed by atoms with Crippen molar-refractivity contribution in [2.45, 2.75) is 26.0 Å². The van der Waals surface area contributed by atoms with Gasteiger partial charge >= 0.3 is 0 Å². The largest absolute Gasteiger partial charge is 0.378 e. The zero-order chi connectivity index (χ0) is 8.10. The van der Waals surface area contributed by atoms with Gasteiger partial charge < -0.3 is 14.8 Å². The van der Waals surface area contributed by atoms with Crippen molar-refractivity contribution in [3.63, 3.8) is 0 Å². The monoisotopic (exact) mass is 159 g/mol. The van der Waals surface area contributed by atoms with Crippen molar-refractivity contribution in [3.8, 4) is 0 Å². The maximum Gasteiger partial charge on any atom is 0.0722 e. The molecule has 0 aliphatic carbocycles. The first-order valence-corrected chi connectivity index (χ1v) is 4.27. The Morgan fingerprint density at radius 2 is 2.55 bits per heavy atom. The summed E-state index contributed by atoms with van der Waals surface area (Å²) in [5.41, 5.74) is 0. The van der Waals surface area contributed by atoms with E-state index in [4.69, 9.17) is 9.47 Å². The Hall–Kier alpha value is -0.120. The molecule has 0 aromatic heterocycles. The van der Waals surface area contributed by atoms with Gasteiger partial charge in [0.25, 0.3) is 0 Å². The number of hydrogen-bond donors (Lipinski definition) is 1. The number of nitrogens with one attached hydrogen (secondary N) is 1. The van der Waals surface area contributed by atoms with Gasteiger partial charge in [-0.15, -0.1) is 0 Å². The average Bonchev–Trinajstić information content (AvgIpc) is 2.07. The van der Waals surface area contributed by atoms with Gasteiger partial charge in [-0.2, -0.15) is 0 Å². The lowest BCUT2D eigenvalue weighted by molar-refractivity contribution is -0.0104. The Balaban J connectivity index is 2.21. The highest BCUT2D eigenvalue weighted by Crippen LogP contribution is 2.02. The van der Waals surface area contributed by atoms with Crippen LogP contribution in [0.1, 0.15) is 13.8 Å². The Labute approximate surface area is 68.1 Å². The van der Waals surface area contributed by atoms with E-state index in [9.17, 15) is 0 Å². The van der Waals surface area contributed by atoms with Gasteiger partial charge in [0.1, 0.15) is 0 Å². The lowest BCUT2D eigenvalue weighted by Gasteiger charge is -2.28. The Bertz CT molecular complexity index is 102. The average molecular weight is 159 g/mol. The standard InChI is InChI=1S/C8H17NO2/c1-3-11-7(2)8-6-10-5-4-9-8/h7-9H,3-6H2,1-2H3. The molecule has 0 aromatic rings. The first-order valence-electron chi connectivity index (χ1n) is 4.27. The quantitative estimate of drug-likeness (QED) is 0.646. The zero-order valence-electron chi connectivity index (χ0n) is 7.30. The summed E-state index contributed by atoms with van der Waals surface area (Å²) in [6, 6.07) is 0.378. The second-order valence-electron chi connectivity index (χ2n) is 2.80. The van der Waals surface area contributed by atoms with Gasteiger partial charge in [0.15, 0.2) is 0 Å². The summed E-state index contributed by atoms with van der Waals surface area (Å²) in [4.78, 5) is 0. The molecule has 1 heterocycles. The Morgan fingerprint density at radius 1 is 1.73 bits per heavy atom. The molecule has 3 nitrogen and oxygen atoms in total. The van der Waals surface area contributed by atoms with Crippen molar-refractivity contribution < 1.29 is 9.47 Å². The summed E-state index contributed by atoms with van der Waals surface area (Å²) in [6.45, 7) is 7.42. The molecule has 1 saturated heterocycles. The molecule has 1 fully saturated rings. The second-order valence-corrected chi connectivity index (χ2v) is 2.80. The highest BCUT2D eigenvalue weighted by Gasteiger charge is 2.19. The van der Waals surface area contributed by atoms with Crippen LogP contribution in [0.25, 0.3) is 0 Å². The second kappa shape index (κ2) is 4.70. The maximum atomic E-state index is 5.44. The fourth-order valence-corrected chi connectivity index (χ4v) is 1.27. The number of ether oxygens (including phenoxy) is 2. The van der Waals surface area contributed by atoms with E-state index in [0.717, 1.165) is 26.4 Å². The first-order chi connectivity index (χ1) is 5.34. The van der Waals surface area contributed by atoms with Crippen LogP contribution in [-0.2, 0) is 9.47 Å². The van der Waals surface area contributed by atoms with Crippen LogP contribution in [-0.4, -0.2) is 38.5 Å². The van der Waals surface area contributed by atoms with E-state index in [2.05, 4.69) is 12.2 Å². The lowest BCUT2D eigenvalue weighted by atomic mass is 10.2. The van der Waals surface area contributed by atoms with Crippen LogP contribution >= 0.6 is 0 Å². The minimum absolute atomic E-state index is 0.264. The topological polar surface area (TPSA) is 30.5 Å². The summed E-state index contributed by atoms with van der Waals surface area (Å²) in [5.74, 6) is 0. The zero-order valence-corrected chi connectivity index (χ0v) is 7.30. The van der Waals surface area contributed by atoms with Crippen molar-refractivity contribution in [1.82, 2.24) is 5.32 Å². The molecule has 1 aliphatic heterocycles. The van der Waals surface area contributed by atoms with Gasteiger partial charge in [0.05, 0.1) is 25.4 Å². The minimum Gasteiger partial charge on any atom is -0.378 e. The molecule has 0 bridgehead atoms. The van der Waals surface area contributed by atoms with E-state index in [0.29, 0.717) is 6.04 Å². The summed E-state index contributed by atoms with van der Waals surface area (Å²) in [6.07, 6.45) is 0.264. The molecule has 1 rings (SSSR count). The molecule has 0 amide bonds. The van der Waals surface area contributed by atoms with Crippen molar-refractivity contribution in [2.24, 2.45) is 0 Å². The Morgan fingerprint density at radius 3 is 3.09 bits per heavy atom. The van der Waals surface area contributed by atoms with Gasteiger partial charge in [0.2, 0.25) is 0 Å². The van der Waals surface area contributed by atoms with Crippen LogP contribution in [0.5, 0.6) is 0 Å². The van der Waals surface area contributed by atoms with Crippen molar-refractivity contribution in [2.75, 3.05) is 26.4 Å². The maximum absolute atomic E-state index is 5.44. The molecule has 66 valence electrons. The third-order valence-electron chi connectivity index (χ3n) is 1.95. The summed E-state index contributed by atoms with van der Waals surface area (Å²) in [5, 5.41) is 3.35. The fourth-order valence-electron chi connectivity index (χ4n) is 1.27. The summed E-state index contributed by atoms with van der Waals surface area (Å²) < 4.78 is 10.7. The molecule has 1 N–H and O–H groups in total. The van der Waals surface area contributed by atoms with E-state index >= 15 is 0 Å². The molecule has 0 aromatic carbocycles. The van der Waals surface area contributed by atoms with Gasteiger partial charge in [-0.05, 0) is 13.8 Å². The molecule has 0 radical (unpaired) electrons. The SMILES string of the molecule is CCOC(C)C1COCCN1. The molecular formula is C8H17NO2. The predicted molar refractivity (Wildman–Crippen MR) is 43.7 cm³/mol. The van der Waals surface area contributed by atoms with E-state index < -0.39 is 0 Å². The van der Waals surface area contributed by atoms with Crippen LogP contribution in [0, 0.1) is 0 Å². The molecular weight excluding hydrogens is 142 g/mol. The van der Waals surface area contributed by atoms with E-state index in [-0.39, 0.29) is 6.10 Å². The van der Waals surface area contributed by atoms with Crippen LogP contribution < -0.4 is 5.32 Å². The highest BCUT2D eigenvalue weighted by atomic mass is 16.5. The summed E-state index contributed by atoms with van der Waals surface area (Å²) in [7, 11) is 0. The van der Waals surface area contributed by atoms with Gasteiger partial charge in [-0.1, -0.05) is 0 Å².